The first kappa shape index (κ1) is 22.4. The van der Waals surface area contributed by atoms with Gasteiger partial charge in [0.05, 0.1) is 15.5 Å². The van der Waals surface area contributed by atoms with Crippen LogP contribution >= 0.6 is 0 Å². The fourth-order valence-corrected chi connectivity index (χ4v) is 6.55. The smallest absolute Gasteiger partial charge is 0.264 e. The van der Waals surface area contributed by atoms with Crippen molar-refractivity contribution < 1.29 is 16.8 Å². The van der Waals surface area contributed by atoms with Crippen molar-refractivity contribution in [2.45, 2.75) is 42.4 Å². The van der Waals surface area contributed by atoms with E-state index in [4.69, 9.17) is 0 Å². The largest absolute Gasteiger partial charge is 0.280 e. The molecule has 0 saturated heterocycles. The normalized spacial score (nSPS) is 14.1. The van der Waals surface area contributed by atoms with Crippen LogP contribution in [0.25, 0.3) is 0 Å². The second kappa shape index (κ2) is 8.96. The van der Waals surface area contributed by atoms with Crippen LogP contribution in [0.15, 0.2) is 82.6 Å². The summed E-state index contributed by atoms with van der Waals surface area (Å²) in [5, 5.41) is 0. The Bertz CT molecular complexity index is 1300. The first-order valence-electron chi connectivity index (χ1n) is 10.6. The zero-order valence-corrected chi connectivity index (χ0v) is 19.5. The number of benzene rings is 3. The van der Waals surface area contributed by atoms with Crippen LogP contribution in [0, 0.1) is 0 Å². The molecule has 0 radical (unpaired) electrons. The van der Waals surface area contributed by atoms with Gasteiger partial charge in [0.15, 0.2) is 0 Å². The summed E-state index contributed by atoms with van der Waals surface area (Å²) in [7, 11) is -7.42. The van der Waals surface area contributed by atoms with Crippen molar-refractivity contribution in [1.82, 2.24) is 0 Å². The van der Waals surface area contributed by atoms with Gasteiger partial charge < -0.3 is 0 Å². The Labute approximate surface area is 190 Å². The summed E-state index contributed by atoms with van der Waals surface area (Å²) < 4.78 is 56.0. The lowest BCUT2D eigenvalue weighted by molar-refractivity contribution is 0.586. The fraction of sp³-hybridized carbons (Fsp3) is 0.250. The molecule has 0 fully saturated rings. The van der Waals surface area contributed by atoms with Crippen LogP contribution in [0.5, 0.6) is 0 Å². The van der Waals surface area contributed by atoms with E-state index in [1.807, 2.05) is 12.1 Å². The quantitative estimate of drug-likeness (QED) is 0.548. The molecule has 1 heterocycles. The summed E-state index contributed by atoms with van der Waals surface area (Å²) in [5.74, 6) is 0. The SMILES string of the molecule is CCCc1ccc(S(=O)(=O)Nc2ccc3c(c2)CCCN3S(=O)(=O)c2ccccc2)cc1. The Kier molecular flexibility index (Phi) is 6.26. The van der Waals surface area contributed by atoms with E-state index in [9.17, 15) is 16.8 Å². The maximum Gasteiger partial charge on any atom is 0.264 e. The number of aryl methyl sites for hydroxylation is 2. The summed E-state index contributed by atoms with van der Waals surface area (Å²) in [4.78, 5) is 0.438. The van der Waals surface area contributed by atoms with E-state index in [0.717, 1.165) is 24.0 Å². The molecule has 32 heavy (non-hydrogen) atoms. The van der Waals surface area contributed by atoms with E-state index in [1.54, 1.807) is 60.7 Å². The van der Waals surface area contributed by atoms with Gasteiger partial charge in [0.2, 0.25) is 0 Å². The van der Waals surface area contributed by atoms with Crippen molar-refractivity contribution in [3.8, 4) is 0 Å². The topological polar surface area (TPSA) is 83.6 Å². The van der Waals surface area contributed by atoms with Gasteiger partial charge in [0.1, 0.15) is 0 Å². The number of fused-ring (bicyclic) bond motifs is 1. The summed E-state index contributed by atoms with van der Waals surface area (Å²) in [6.07, 6.45) is 3.24. The number of hydrogen-bond acceptors (Lipinski definition) is 4. The van der Waals surface area contributed by atoms with Gasteiger partial charge in [-0.2, -0.15) is 0 Å². The Balaban J connectivity index is 1.60. The molecule has 0 bridgehead atoms. The zero-order valence-electron chi connectivity index (χ0n) is 17.9. The van der Waals surface area contributed by atoms with Crippen molar-refractivity contribution in [1.29, 1.82) is 0 Å². The van der Waals surface area contributed by atoms with Crippen LogP contribution in [-0.2, 0) is 32.9 Å². The van der Waals surface area contributed by atoms with E-state index in [2.05, 4.69) is 11.6 Å². The number of rotatable bonds is 7. The van der Waals surface area contributed by atoms with E-state index >= 15 is 0 Å². The maximum atomic E-state index is 13.1. The van der Waals surface area contributed by atoms with Crippen LogP contribution in [0.3, 0.4) is 0 Å². The number of nitrogens with zero attached hydrogens (tertiary/aromatic N) is 1. The van der Waals surface area contributed by atoms with Crippen LogP contribution in [0.1, 0.15) is 30.9 Å². The summed E-state index contributed by atoms with van der Waals surface area (Å²) in [6.45, 7) is 2.47. The van der Waals surface area contributed by atoms with Gasteiger partial charge in [-0.1, -0.05) is 43.7 Å². The summed E-state index contributed by atoms with van der Waals surface area (Å²) in [5.41, 5.74) is 2.90. The van der Waals surface area contributed by atoms with E-state index in [-0.39, 0.29) is 9.79 Å². The molecule has 6 nitrogen and oxygen atoms in total. The molecular formula is C24H26N2O4S2. The minimum absolute atomic E-state index is 0.198. The molecule has 3 aromatic rings. The van der Waals surface area contributed by atoms with Crippen molar-refractivity contribution in [3.05, 3.63) is 83.9 Å². The molecule has 8 heteroatoms. The van der Waals surface area contributed by atoms with Crippen LogP contribution < -0.4 is 9.03 Å². The third-order valence-corrected chi connectivity index (χ3v) is 8.74. The van der Waals surface area contributed by atoms with E-state index in [1.165, 1.54) is 4.31 Å². The lowest BCUT2D eigenvalue weighted by Gasteiger charge is -2.31. The highest BCUT2D eigenvalue weighted by atomic mass is 32.2. The minimum Gasteiger partial charge on any atom is -0.280 e. The predicted molar refractivity (Wildman–Crippen MR) is 127 cm³/mol. The number of hydrogen-bond donors (Lipinski definition) is 1. The molecule has 0 aliphatic carbocycles. The Morgan fingerprint density at radius 1 is 0.875 bits per heavy atom. The lowest BCUT2D eigenvalue weighted by atomic mass is 10.0. The standard InChI is InChI=1S/C24H26N2O4S2/c1-2-7-19-11-14-22(15-12-19)31(27,28)25-21-13-16-24-20(18-21)8-6-17-26(24)32(29,30)23-9-4-3-5-10-23/h3-5,9-16,18,25H,2,6-8,17H2,1H3. The highest BCUT2D eigenvalue weighted by Gasteiger charge is 2.29. The second-order valence-electron chi connectivity index (χ2n) is 7.84. The number of sulfonamides is 2. The van der Waals surface area contributed by atoms with E-state index < -0.39 is 20.0 Å². The molecule has 0 atom stereocenters. The highest BCUT2D eigenvalue weighted by Crippen LogP contribution is 2.34. The molecule has 1 aliphatic heterocycles. The zero-order chi connectivity index (χ0) is 22.8. The maximum absolute atomic E-state index is 13.1. The van der Waals surface area contributed by atoms with Gasteiger partial charge in [-0.3, -0.25) is 9.03 Å². The van der Waals surface area contributed by atoms with Crippen molar-refractivity contribution >= 4 is 31.4 Å². The predicted octanol–water partition coefficient (Wildman–Crippen LogP) is 4.58. The van der Waals surface area contributed by atoms with Gasteiger partial charge in [-0.15, -0.1) is 0 Å². The van der Waals surface area contributed by atoms with Gasteiger partial charge in [0, 0.05) is 12.2 Å². The van der Waals surface area contributed by atoms with Crippen molar-refractivity contribution in [3.63, 3.8) is 0 Å². The fourth-order valence-electron chi connectivity index (χ4n) is 3.93. The third kappa shape index (κ3) is 4.52. The van der Waals surface area contributed by atoms with Gasteiger partial charge >= 0.3 is 0 Å². The van der Waals surface area contributed by atoms with Crippen molar-refractivity contribution in [2.75, 3.05) is 15.6 Å². The molecule has 0 unspecified atom stereocenters. The molecular weight excluding hydrogens is 444 g/mol. The lowest BCUT2D eigenvalue weighted by Crippen LogP contribution is -2.35. The van der Waals surface area contributed by atoms with Gasteiger partial charge in [0.25, 0.3) is 20.0 Å². The van der Waals surface area contributed by atoms with E-state index in [0.29, 0.717) is 30.8 Å². The first-order chi connectivity index (χ1) is 15.3. The van der Waals surface area contributed by atoms with Crippen molar-refractivity contribution in [2.24, 2.45) is 0 Å². The van der Waals surface area contributed by atoms with Gasteiger partial charge in [-0.05, 0) is 72.9 Å². The Morgan fingerprint density at radius 3 is 2.28 bits per heavy atom. The molecule has 0 spiro atoms. The molecule has 4 rings (SSSR count). The number of nitrogens with one attached hydrogen (secondary N) is 1. The number of anilines is 2. The van der Waals surface area contributed by atoms with Crippen LogP contribution in [0.2, 0.25) is 0 Å². The molecule has 0 saturated carbocycles. The average Bonchev–Trinajstić information content (AvgIpc) is 2.79. The molecule has 0 aromatic heterocycles. The molecule has 168 valence electrons. The third-order valence-electron chi connectivity index (χ3n) is 5.51. The first-order valence-corrected chi connectivity index (χ1v) is 13.6. The van der Waals surface area contributed by atoms with Crippen LogP contribution in [0.4, 0.5) is 11.4 Å². The van der Waals surface area contributed by atoms with Gasteiger partial charge in [-0.25, -0.2) is 16.8 Å². The Hall–Kier alpha value is -2.84. The van der Waals surface area contributed by atoms with Crippen LogP contribution in [-0.4, -0.2) is 23.4 Å². The minimum atomic E-state index is -3.74. The molecule has 3 aromatic carbocycles. The average molecular weight is 471 g/mol. The molecule has 1 N–H and O–H groups in total. The molecule has 1 aliphatic rings. The summed E-state index contributed by atoms with van der Waals surface area (Å²) in [6, 6.07) is 20.2. The monoisotopic (exact) mass is 470 g/mol. The summed E-state index contributed by atoms with van der Waals surface area (Å²) >= 11 is 0. The molecule has 0 amide bonds. The Morgan fingerprint density at radius 2 is 1.59 bits per heavy atom. The highest BCUT2D eigenvalue weighted by molar-refractivity contribution is 7.93. The second-order valence-corrected chi connectivity index (χ2v) is 11.4.